The number of amides is 1. The molecule has 0 radical (unpaired) electrons. The van der Waals surface area contributed by atoms with E-state index in [4.69, 9.17) is 11.6 Å². The molecule has 1 saturated heterocycles. The molecule has 7 heteroatoms. The third kappa shape index (κ3) is 4.25. The number of likely N-dealkylation sites (tertiary alicyclic amines) is 1. The quantitative estimate of drug-likeness (QED) is 0.613. The summed E-state index contributed by atoms with van der Waals surface area (Å²) < 4.78 is 13.5. The van der Waals surface area contributed by atoms with Gasteiger partial charge in [0.25, 0.3) is 5.91 Å². The first kappa shape index (κ1) is 21.0. The molecule has 32 heavy (non-hydrogen) atoms. The van der Waals surface area contributed by atoms with Crippen LogP contribution in [0.25, 0.3) is 22.3 Å². The highest BCUT2D eigenvalue weighted by Gasteiger charge is 2.30. The Bertz CT molecular complexity index is 1170. The number of pyridine rings is 2. The van der Waals surface area contributed by atoms with Crippen molar-refractivity contribution < 1.29 is 14.3 Å². The molecule has 2 unspecified atom stereocenters. The zero-order valence-corrected chi connectivity index (χ0v) is 18.2. The Balaban J connectivity index is 1.39. The molecule has 2 atom stereocenters. The molecule has 164 valence electrons. The molecule has 2 aromatic heterocycles. The third-order valence-corrected chi connectivity index (χ3v) is 6.47. The van der Waals surface area contributed by atoms with Gasteiger partial charge < -0.3 is 10.0 Å². The average Bonchev–Trinajstić information content (AvgIpc) is 3.66. The maximum Gasteiger partial charge on any atom is 0.253 e. The minimum Gasteiger partial charge on any atom is -0.388 e. The molecule has 1 amide bonds. The molecule has 3 heterocycles. The normalized spacial score (nSPS) is 20.9. The van der Waals surface area contributed by atoms with Crippen molar-refractivity contribution in [2.75, 3.05) is 13.1 Å². The first-order chi connectivity index (χ1) is 15.5. The van der Waals surface area contributed by atoms with Crippen molar-refractivity contribution in [2.45, 2.75) is 37.5 Å². The van der Waals surface area contributed by atoms with Crippen molar-refractivity contribution in [1.82, 2.24) is 14.9 Å². The SMILES string of the molecule is O=C(c1ccc(-c2cncc(-c3ccnc(C4CC4)c3)c2)c(Cl)c1)N1CCC(F)C(O)C1. The number of alkyl halides is 1. The van der Waals surface area contributed by atoms with Gasteiger partial charge in [-0.3, -0.25) is 14.8 Å². The summed E-state index contributed by atoms with van der Waals surface area (Å²) in [5, 5.41) is 10.2. The number of carbonyl (C=O) groups is 1. The number of β-amino-alcohol motifs (C(OH)–C–C–N with tert-alkyl or cyclic N) is 1. The molecule has 1 aliphatic carbocycles. The molecule has 1 aliphatic heterocycles. The van der Waals surface area contributed by atoms with E-state index in [0.717, 1.165) is 27.9 Å². The summed E-state index contributed by atoms with van der Waals surface area (Å²) in [5.41, 5.74) is 5.20. The molecule has 2 fully saturated rings. The minimum atomic E-state index is -1.29. The van der Waals surface area contributed by atoms with Gasteiger partial charge in [0.05, 0.1) is 0 Å². The van der Waals surface area contributed by atoms with Gasteiger partial charge >= 0.3 is 0 Å². The highest BCUT2D eigenvalue weighted by atomic mass is 35.5. The fourth-order valence-electron chi connectivity index (χ4n) is 4.13. The Hall–Kier alpha value is -2.83. The Morgan fingerprint density at radius 3 is 2.62 bits per heavy atom. The number of piperidine rings is 1. The molecule has 5 nitrogen and oxygen atoms in total. The second-order valence-electron chi connectivity index (χ2n) is 8.52. The topological polar surface area (TPSA) is 66.3 Å². The van der Waals surface area contributed by atoms with Gasteiger partial charge in [0, 0.05) is 70.6 Å². The lowest BCUT2D eigenvalue weighted by molar-refractivity contribution is 0.00580. The van der Waals surface area contributed by atoms with Crippen molar-refractivity contribution >= 4 is 17.5 Å². The van der Waals surface area contributed by atoms with Crippen molar-refractivity contribution in [3.05, 3.63) is 71.3 Å². The molecule has 1 N–H and O–H groups in total. The number of aliphatic hydroxyl groups is 1. The standard InChI is InChI=1S/C25H23ClFN3O2/c26-21-10-17(25(32)30-8-6-22(27)24(31)14-30)3-4-20(21)19-9-18(12-28-13-19)16-5-7-29-23(11-16)15-1-2-15/h3-5,7,9-13,15,22,24,31H,1-2,6,8,14H2. The summed E-state index contributed by atoms with van der Waals surface area (Å²) >= 11 is 6.55. The van der Waals surface area contributed by atoms with E-state index >= 15 is 0 Å². The Morgan fingerprint density at radius 2 is 1.88 bits per heavy atom. The van der Waals surface area contributed by atoms with Gasteiger partial charge in [-0.05, 0) is 55.2 Å². The average molecular weight is 452 g/mol. The summed E-state index contributed by atoms with van der Waals surface area (Å²) in [6, 6.07) is 11.3. The Kier molecular flexibility index (Phi) is 5.66. The van der Waals surface area contributed by atoms with Crippen molar-refractivity contribution in [2.24, 2.45) is 0 Å². The van der Waals surface area contributed by atoms with Crippen LogP contribution in [0.5, 0.6) is 0 Å². The van der Waals surface area contributed by atoms with Crippen molar-refractivity contribution in [3.63, 3.8) is 0 Å². The number of rotatable bonds is 4. The maximum atomic E-state index is 13.5. The van der Waals surface area contributed by atoms with Crippen LogP contribution in [0.15, 0.2) is 55.0 Å². The van der Waals surface area contributed by atoms with E-state index in [9.17, 15) is 14.3 Å². The summed E-state index contributed by atoms with van der Waals surface area (Å²) in [4.78, 5) is 23.1. The van der Waals surface area contributed by atoms with E-state index in [2.05, 4.69) is 16.0 Å². The van der Waals surface area contributed by atoms with Crippen LogP contribution in [0.4, 0.5) is 4.39 Å². The first-order valence-corrected chi connectivity index (χ1v) is 11.2. The van der Waals surface area contributed by atoms with Crippen LogP contribution >= 0.6 is 11.6 Å². The second-order valence-corrected chi connectivity index (χ2v) is 8.93. The second kappa shape index (κ2) is 8.60. The largest absolute Gasteiger partial charge is 0.388 e. The van der Waals surface area contributed by atoms with Crippen LogP contribution in [0, 0.1) is 0 Å². The molecule has 5 rings (SSSR count). The minimum absolute atomic E-state index is 0.0138. The lowest BCUT2D eigenvalue weighted by Gasteiger charge is -2.32. The van der Waals surface area contributed by atoms with E-state index in [-0.39, 0.29) is 25.4 Å². The highest BCUT2D eigenvalue weighted by molar-refractivity contribution is 6.33. The number of aromatic nitrogens is 2. The molecule has 2 aliphatic rings. The maximum absolute atomic E-state index is 13.5. The number of benzene rings is 1. The van der Waals surface area contributed by atoms with Gasteiger partial charge in [-0.15, -0.1) is 0 Å². The molecular weight excluding hydrogens is 429 g/mol. The lowest BCUT2D eigenvalue weighted by atomic mass is 10.00. The van der Waals surface area contributed by atoms with Gasteiger partial charge in [0.2, 0.25) is 0 Å². The summed E-state index contributed by atoms with van der Waals surface area (Å²) in [5.74, 6) is 0.308. The molecule has 0 bridgehead atoms. The van der Waals surface area contributed by atoms with Crippen LogP contribution in [0.2, 0.25) is 5.02 Å². The van der Waals surface area contributed by atoms with E-state index in [1.54, 1.807) is 24.4 Å². The molecule has 1 aromatic carbocycles. The van der Waals surface area contributed by atoms with Gasteiger partial charge in [0.1, 0.15) is 12.3 Å². The van der Waals surface area contributed by atoms with E-state index in [1.807, 2.05) is 24.5 Å². The number of hydrogen-bond donors (Lipinski definition) is 1. The Labute approximate surface area is 190 Å². The number of hydrogen-bond acceptors (Lipinski definition) is 4. The summed E-state index contributed by atoms with van der Waals surface area (Å²) in [6.07, 6.45) is 5.50. The molecule has 1 saturated carbocycles. The third-order valence-electron chi connectivity index (χ3n) is 6.16. The van der Waals surface area contributed by atoms with E-state index < -0.39 is 12.3 Å². The fourth-order valence-corrected chi connectivity index (χ4v) is 4.42. The predicted molar refractivity (Wildman–Crippen MR) is 121 cm³/mol. The summed E-state index contributed by atoms with van der Waals surface area (Å²) in [7, 11) is 0. The Morgan fingerprint density at radius 1 is 1.06 bits per heavy atom. The zero-order valence-electron chi connectivity index (χ0n) is 17.4. The van der Waals surface area contributed by atoms with Crippen LogP contribution in [0.1, 0.15) is 41.2 Å². The van der Waals surface area contributed by atoms with Crippen molar-refractivity contribution in [1.29, 1.82) is 0 Å². The van der Waals surface area contributed by atoms with Crippen LogP contribution < -0.4 is 0 Å². The number of carbonyl (C=O) groups excluding carboxylic acids is 1. The van der Waals surface area contributed by atoms with Crippen molar-refractivity contribution in [3.8, 4) is 22.3 Å². The summed E-state index contributed by atoms with van der Waals surface area (Å²) in [6.45, 7) is 0.261. The van der Waals surface area contributed by atoms with Gasteiger partial charge in [-0.2, -0.15) is 0 Å². The van der Waals surface area contributed by atoms with Crippen LogP contribution in [0.3, 0.4) is 0 Å². The van der Waals surface area contributed by atoms with Gasteiger partial charge in [-0.1, -0.05) is 17.7 Å². The molecular formula is C25H23ClFN3O2. The van der Waals surface area contributed by atoms with Crippen LogP contribution in [-0.4, -0.2) is 51.2 Å². The highest BCUT2D eigenvalue weighted by Crippen LogP contribution is 2.40. The van der Waals surface area contributed by atoms with Gasteiger partial charge in [0.15, 0.2) is 0 Å². The fraction of sp³-hybridized carbons (Fsp3) is 0.320. The number of aliphatic hydroxyl groups excluding tert-OH is 1. The predicted octanol–water partition coefficient (Wildman–Crippen LogP) is 4.89. The van der Waals surface area contributed by atoms with E-state index in [0.29, 0.717) is 16.5 Å². The smallest absolute Gasteiger partial charge is 0.253 e. The van der Waals surface area contributed by atoms with Gasteiger partial charge in [-0.25, -0.2) is 4.39 Å². The number of halogens is 2. The van der Waals surface area contributed by atoms with Crippen LogP contribution in [-0.2, 0) is 0 Å². The molecule has 0 spiro atoms. The van der Waals surface area contributed by atoms with E-state index in [1.165, 1.54) is 17.7 Å². The molecule has 3 aromatic rings. The monoisotopic (exact) mass is 451 g/mol. The zero-order chi connectivity index (χ0) is 22.2. The lowest BCUT2D eigenvalue weighted by Crippen LogP contribution is -2.47. The number of nitrogens with zero attached hydrogens (tertiary/aromatic N) is 3. The first-order valence-electron chi connectivity index (χ1n) is 10.8.